The monoisotopic (exact) mass is 274 g/mol. The topological polar surface area (TPSA) is 18.5 Å². The molecule has 0 bridgehead atoms. The Balaban J connectivity index is 2.50. The predicted molar refractivity (Wildman–Crippen MR) is 76.8 cm³/mol. The molecule has 0 radical (unpaired) electrons. The fourth-order valence-corrected chi connectivity index (χ4v) is 2.32. The maximum absolute atomic E-state index is 5.96. The maximum Gasteiger partial charge on any atom is 0.134 e. The lowest BCUT2D eigenvalue weighted by Gasteiger charge is -2.26. The summed E-state index contributed by atoms with van der Waals surface area (Å²) in [5.74, 6) is 3.43. The summed E-state index contributed by atoms with van der Waals surface area (Å²) in [4.78, 5) is 0. The second kappa shape index (κ2) is 9.55. The minimum absolute atomic E-state index is 0.557. The van der Waals surface area contributed by atoms with Gasteiger partial charge >= 0.3 is 0 Å². The summed E-state index contributed by atoms with van der Waals surface area (Å²) >= 11 is 5.96. The number of ether oxygens (including phenoxy) is 2. The van der Waals surface area contributed by atoms with Crippen LogP contribution in [0.25, 0.3) is 0 Å². The molecule has 18 heavy (non-hydrogen) atoms. The Hall–Kier alpha value is -0.370. The van der Waals surface area contributed by atoms with Gasteiger partial charge in [0, 0.05) is 18.7 Å². The van der Waals surface area contributed by atoms with Crippen molar-refractivity contribution in [2.45, 2.75) is 58.8 Å². The summed E-state index contributed by atoms with van der Waals surface area (Å²) in [6, 6.07) is 0. The zero-order valence-corrected chi connectivity index (χ0v) is 12.6. The van der Waals surface area contributed by atoms with Crippen LogP contribution in [0.4, 0.5) is 0 Å². The Kier molecular flexibility index (Phi) is 8.32. The summed E-state index contributed by atoms with van der Waals surface area (Å²) < 4.78 is 11.8. The Bertz CT molecular complexity index is 251. The normalized spacial score (nSPS) is 20.1. The van der Waals surface area contributed by atoms with Gasteiger partial charge in [0.2, 0.25) is 0 Å². The van der Waals surface area contributed by atoms with Crippen molar-refractivity contribution in [3.05, 3.63) is 11.5 Å². The van der Waals surface area contributed by atoms with Gasteiger partial charge in [-0.2, -0.15) is 0 Å². The molecule has 0 amide bonds. The zero-order chi connectivity index (χ0) is 13.2. The van der Waals surface area contributed by atoms with Crippen LogP contribution in [-0.4, -0.2) is 19.1 Å². The number of halogens is 1. The molecule has 2 nitrogen and oxygen atoms in total. The quantitative estimate of drug-likeness (QED) is 0.441. The van der Waals surface area contributed by atoms with Crippen LogP contribution in [0.3, 0.4) is 0 Å². The van der Waals surface area contributed by atoms with E-state index in [1.807, 2.05) is 0 Å². The highest BCUT2D eigenvalue weighted by Gasteiger charge is 2.22. The van der Waals surface area contributed by atoms with Gasteiger partial charge in [-0.3, -0.25) is 0 Å². The van der Waals surface area contributed by atoms with Crippen LogP contribution in [0.1, 0.15) is 58.8 Å². The van der Waals surface area contributed by atoms with Crippen molar-refractivity contribution in [3.63, 3.8) is 0 Å². The van der Waals surface area contributed by atoms with E-state index < -0.39 is 0 Å². The van der Waals surface area contributed by atoms with Crippen LogP contribution in [0.5, 0.6) is 0 Å². The molecule has 106 valence electrons. The first-order chi connectivity index (χ1) is 8.81. The molecule has 0 saturated heterocycles. The molecule has 0 aliphatic heterocycles. The van der Waals surface area contributed by atoms with Gasteiger partial charge in [-0.15, -0.1) is 11.6 Å². The van der Waals surface area contributed by atoms with E-state index in [4.69, 9.17) is 21.1 Å². The molecule has 1 aliphatic rings. The molecular formula is C15H27ClO2. The fraction of sp³-hybridized carbons (Fsp3) is 0.867. The number of alkyl halides is 1. The highest BCUT2D eigenvalue weighted by Crippen LogP contribution is 2.31. The molecule has 0 aromatic heterocycles. The fourth-order valence-electron chi connectivity index (χ4n) is 2.06. The molecule has 0 aromatic carbocycles. The first kappa shape index (κ1) is 15.7. The molecule has 0 N–H and O–H groups in total. The molecule has 1 aliphatic carbocycles. The van der Waals surface area contributed by atoms with E-state index in [0.717, 1.165) is 69.1 Å². The minimum atomic E-state index is 0.557. The summed E-state index contributed by atoms with van der Waals surface area (Å²) in [6.45, 7) is 5.99. The van der Waals surface area contributed by atoms with Crippen molar-refractivity contribution in [2.75, 3.05) is 19.1 Å². The Morgan fingerprint density at radius 3 is 2.22 bits per heavy atom. The largest absolute Gasteiger partial charge is 0.494 e. The average Bonchev–Trinajstić information content (AvgIpc) is 2.40. The molecule has 3 heteroatoms. The number of hydrogen-bond donors (Lipinski definition) is 0. The molecule has 0 spiro atoms. The zero-order valence-electron chi connectivity index (χ0n) is 11.8. The molecule has 1 rings (SSSR count). The lowest BCUT2D eigenvalue weighted by atomic mass is 9.93. The van der Waals surface area contributed by atoms with Crippen LogP contribution in [0.15, 0.2) is 11.5 Å². The highest BCUT2D eigenvalue weighted by molar-refractivity contribution is 6.18. The van der Waals surface area contributed by atoms with Crippen molar-refractivity contribution in [1.29, 1.82) is 0 Å². The molecule has 0 saturated carbocycles. The van der Waals surface area contributed by atoms with E-state index in [2.05, 4.69) is 13.8 Å². The first-order valence-electron chi connectivity index (χ1n) is 7.35. The van der Waals surface area contributed by atoms with Gasteiger partial charge in [0.25, 0.3) is 0 Å². The number of hydrogen-bond acceptors (Lipinski definition) is 2. The first-order valence-corrected chi connectivity index (χ1v) is 7.88. The maximum atomic E-state index is 5.96. The van der Waals surface area contributed by atoms with Crippen molar-refractivity contribution < 1.29 is 9.47 Å². The molecular weight excluding hydrogens is 248 g/mol. The van der Waals surface area contributed by atoms with Crippen LogP contribution < -0.4 is 0 Å². The molecule has 0 aromatic rings. The van der Waals surface area contributed by atoms with E-state index in [-0.39, 0.29) is 0 Å². The Labute approximate surface area is 117 Å². The van der Waals surface area contributed by atoms with E-state index in [0.29, 0.717) is 5.92 Å². The third-order valence-corrected chi connectivity index (χ3v) is 3.77. The van der Waals surface area contributed by atoms with Crippen molar-refractivity contribution in [3.8, 4) is 0 Å². The Morgan fingerprint density at radius 2 is 1.67 bits per heavy atom. The molecule has 0 fully saturated rings. The van der Waals surface area contributed by atoms with Gasteiger partial charge < -0.3 is 9.47 Å². The molecule has 1 unspecified atom stereocenters. The number of unbranched alkanes of at least 4 members (excludes halogenated alkanes) is 2. The minimum Gasteiger partial charge on any atom is -0.494 e. The average molecular weight is 275 g/mol. The molecule has 1 atom stereocenters. The third kappa shape index (κ3) is 5.51. The van der Waals surface area contributed by atoms with Crippen molar-refractivity contribution in [2.24, 2.45) is 5.92 Å². The smallest absolute Gasteiger partial charge is 0.134 e. The van der Waals surface area contributed by atoms with Gasteiger partial charge in [-0.25, -0.2) is 0 Å². The molecule has 0 heterocycles. The summed E-state index contributed by atoms with van der Waals surface area (Å²) in [5.41, 5.74) is 0. The third-order valence-electron chi connectivity index (χ3n) is 3.33. The van der Waals surface area contributed by atoms with E-state index in [1.54, 1.807) is 0 Å². The predicted octanol–water partition coefficient (Wildman–Crippen LogP) is 4.87. The Morgan fingerprint density at radius 1 is 1.06 bits per heavy atom. The SMILES string of the molecule is CCCCOC1=C(OCCCC)CC(CCl)CC1. The standard InChI is InChI=1S/C15H27ClO2/c1-3-5-9-17-14-8-7-13(12-16)11-15(14)18-10-6-4-2/h13H,3-12H2,1-2H3. The summed E-state index contributed by atoms with van der Waals surface area (Å²) in [5, 5.41) is 0. The van der Waals surface area contributed by atoms with Crippen LogP contribution in [0, 0.1) is 5.92 Å². The number of allylic oxidation sites excluding steroid dienone is 2. The van der Waals surface area contributed by atoms with E-state index >= 15 is 0 Å². The van der Waals surface area contributed by atoms with Crippen LogP contribution in [0.2, 0.25) is 0 Å². The highest BCUT2D eigenvalue weighted by atomic mass is 35.5. The van der Waals surface area contributed by atoms with E-state index in [9.17, 15) is 0 Å². The van der Waals surface area contributed by atoms with Crippen LogP contribution in [-0.2, 0) is 9.47 Å². The van der Waals surface area contributed by atoms with Gasteiger partial charge in [-0.05, 0) is 25.2 Å². The lowest BCUT2D eigenvalue weighted by molar-refractivity contribution is 0.117. The van der Waals surface area contributed by atoms with Gasteiger partial charge in [-0.1, -0.05) is 26.7 Å². The summed E-state index contributed by atoms with van der Waals surface area (Å²) in [6.07, 6.45) is 7.63. The second-order valence-corrected chi connectivity index (χ2v) is 5.32. The van der Waals surface area contributed by atoms with Crippen molar-refractivity contribution >= 4 is 11.6 Å². The van der Waals surface area contributed by atoms with E-state index in [1.165, 1.54) is 6.42 Å². The van der Waals surface area contributed by atoms with Crippen LogP contribution >= 0.6 is 11.6 Å². The number of rotatable bonds is 9. The second-order valence-electron chi connectivity index (χ2n) is 5.01. The van der Waals surface area contributed by atoms with Crippen molar-refractivity contribution in [1.82, 2.24) is 0 Å². The van der Waals surface area contributed by atoms with Gasteiger partial charge in [0.1, 0.15) is 11.5 Å². The van der Waals surface area contributed by atoms with Gasteiger partial charge in [0.05, 0.1) is 13.2 Å². The lowest BCUT2D eigenvalue weighted by Crippen LogP contribution is -2.16. The summed E-state index contributed by atoms with van der Waals surface area (Å²) in [7, 11) is 0. The van der Waals surface area contributed by atoms with Gasteiger partial charge in [0.15, 0.2) is 0 Å².